The first-order valence-electron chi connectivity index (χ1n) is 12.7. The third-order valence-electron chi connectivity index (χ3n) is 5.48. The van der Waals surface area contributed by atoms with E-state index in [-0.39, 0.29) is 23.1 Å². The second-order valence-electron chi connectivity index (χ2n) is 11.3. The molecule has 3 rings (SSSR count). The first-order chi connectivity index (χ1) is 16.3. The summed E-state index contributed by atoms with van der Waals surface area (Å²) in [6.07, 6.45) is 4.62. The molecular formula is C30H46N4O. The zero-order chi connectivity index (χ0) is 27.0. The van der Waals surface area contributed by atoms with Crippen LogP contribution in [0.15, 0.2) is 65.5 Å². The highest BCUT2D eigenvalue weighted by Gasteiger charge is 2.39. The van der Waals surface area contributed by atoms with Gasteiger partial charge in [-0.3, -0.25) is 0 Å². The third-order valence-corrected chi connectivity index (χ3v) is 5.48. The first kappa shape index (κ1) is 30.0. The molecule has 2 aromatic rings. The van der Waals surface area contributed by atoms with Crippen LogP contribution < -0.4 is 5.73 Å². The summed E-state index contributed by atoms with van der Waals surface area (Å²) in [5, 5.41) is 14.1. The van der Waals surface area contributed by atoms with Crippen molar-refractivity contribution in [2.75, 3.05) is 0 Å². The van der Waals surface area contributed by atoms with E-state index < -0.39 is 0 Å². The zero-order valence-electron chi connectivity index (χ0n) is 23.7. The van der Waals surface area contributed by atoms with Gasteiger partial charge in [0.05, 0.1) is 5.69 Å². The zero-order valence-corrected chi connectivity index (χ0v) is 23.7. The predicted molar refractivity (Wildman–Crippen MR) is 147 cm³/mol. The Kier molecular flexibility index (Phi) is 10.8. The number of hydrogen-bond acceptors (Lipinski definition) is 4. The van der Waals surface area contributed by atoms with Gasteiger partial charge in [0, 0.05) is 18.3 Å². The highest BCUT2D eigenvalue weighted by molar-refractivity contribution is 5.51. The molecule has 0 saturated heterocycles. The summed E-state index contributed by atoms with van der Waals surface area (Å²) in [6, 6.07) is 12.4. The Morgan fingerprint density at radius 1 is 1.09 bits per heavy atom. The van der Waals surface area contributed by atoms with Gasteiger partial charge in [0.2, 0.25) is 5.88 Å². The average molecular weight is 479 g/mol. The summed E-state index contributed by atoms with van der Waals surface area (Å²) in [7, 11) is 0. The van der Waals surface area contributed by atoms with Crippen LogP contribution in [0.1, 0.15) is 94.1 Å². The molecule has 35 heavy (non-hydrogen) atoms. The van der Waals surface area contributed by atoms with Gasteiger partial charge < -0.3 is 10.5 Å². The van der Waals surface area contributed by atoms with Crippen molar-refractivity contribution in [1.29, 1.82) is 5.26 Å². The number of ether oxygens (including phenoxy) is 1. The molecule has 1 aliphatic heterocycles. The number of nitrogens with zero attached hydrogens (tertiary/aromatic N) is 3. The second-order valence-corrected chi connectivity index (χ2v) is 11.3. The molecule has 0 radical (unpaired) electrons. The van der Waals surface area contributed by atoms with Gasteiger partial charge in [-0.2, -0.15) is 10.4 Å². The number of benzene rings is 1. The molecule has 0 spiro atoms. The van der Waals surface area contributed by atoms with E-state index in [0.29, 0.717) is 11.0 Å². The molecule has 1 aromatic carbocycles. The highest BCUT2D eigenvalue weighted by atomic mass is 16.5. The van der Waals surface area contributed by atoms with Gasteiger partial charge in [-0.05, 0) is 59.4 Å². The standard InChI is InChI=1S/C23H28N4O.C5H12.C2H6/c1-6-19(23(3,4)5)20-15(2)28-22(25)18(14-24)21(20)16-8-10-17(11-9-16)27-13-7-12-26-27;1-5(2,3)4;1-2/h7-13,19,21H,6,25H2,1-5H3;1-4H3;1-2H3. The van der Waals surface area contributed by atoms with Crippen LogP contribution in [-0.4, -0.2) is 9.78 Å². The van der Waals surface area contributed by atoms with Crippen LogP contribution in [0.25, 0.3) is 5.69 Å². The van der Waals surface area contributed by atoms with E-state index >= 15 is 0 Å². The molecule has 0 saturated carbocycles. The quantitative estimate of drug-likeness (QED) is 0.481. The van der Waals surface area contributed by atoms with E-state index in [4.69, 9.17) is 10.5 Å². The molecule has 1 aromatic heterocycles. The van der Waals surface area contributed by atoms with Crippen molar-refractivity contribution < 1.29 is 4.74 Å². The molecule has 1 aliphatic rings. The maximum absolute atomic E-state index is 9.85. The maximum Gasteiger partial charge on any atom is 0.205 e. The monoisotopic (exact) mass is 478 g/mol. The molecule has 2 N–H and O–H groups in total. The lowest BCUT2D eigenvalue weighted by Crippen LogP contribution is -2.30. The lowest BCUT2D eigenvalue weighted by molar-refractivity contribution is 0.222. The van der Waals surface area contributed by atoms with Gasteiger partial charge in [0.25, 0.3) is 0 Å². The molecule has 0 aliphatic carbocycles. The minimum absolute atomic E-state index is 0.0363. The van der Waals surface area contributed by atoms with Crippen molar-refractivity contribution in [2.24, 2.45) is 22.5 Å². The van der Waals surface area contributed by atoms with Gasteiger partial charge in [-0.1, -0.05) is 81.4 Å². The molecule has 0 amide bonds. The van der Waals surface area contributed by atoms with Gasteiger partial charge >= 0.3 is 0 Å². The molecule has 0 bridgehead atoms. The Hall–Kier alpha value is -3.00. The average Bonchev–Trinajstić information content (AvgIpc) is 3.30. The van der Waals surface area contributed by atoms with E-state index in [0.717, 1.165) is 29.0 Å². The van der Waals surface area contributed by atoms with Gasteiger partial charge in [-0.15, -0.1) is 0 Å². The minimum Gasteiger partial charge on any atom is -0.445 e. The van der Waals surface area contributed by atoms with E-state index in [2.05, 4.69) is 78.7 Å². The van der Waals surface area contributed by atoms with Crippen molar-refractivity contribution in [3.8, 4) is 11.8 Å². The summed E-state index contributed by atoms with van der Waals surface area (Å²) in [4.78, 5) is 0. The number of rotatable bonds is 4. The Morgan fingerprint density at radius 2 is 1.63 bits per heavy atom. The summed E-state index contributed by atoms with van der Waals surface area (Å²) in [5.41, 5.74) is 10.3. The van der Waals surface area contributed by atoms with E-state index in [1.54, 1.807) is 6.20 Å². The van der Waals surface area contributed by atoms with Crippen molar-refractivity contribution in [1.82, 2.24) is 9.78 Å². The lowest BCUT2D eigenvalue weighted by Gasteiger charge is -2.39. The Labute approximate surface area is 213 Å². The third kappa shape index (κ3) is 8.31. The van der Waals surface area contributed by atoms with Crippen LogP contribution in [0.3, 0.4) is 0 Å². The number of nitriles is 1. The van der Waals surface area contributed by atoms with Crippen LogP contribution in [-0.2, 0) is 4.74 Å². The number of aromatic nitrogens is 2. The van der Waals surface area contributed by atoms with Crippen LogP contribution >= 0.6 is 0 Å². The van der Waals surface area contributed by atoms with Crippen LogP contribution in [0.5, 0.6) is 0 Å². The summed E-state index contributed by atoms with van der Waals surface area (Å²) >= 11 is 0. The highest BCUT2D eigenvalue weighted by Crippen LogP contribution is 2.48. The molecule has 192 valence electrons. The Balaban J connectivity index is 0.000000779. The molecule has 5 nitrogen and oxygen atoms in total. The van der Waals surface area contributed by atoms with E-state index in [1.807, 2.05) is 49.8 Å². The smallest absolute Gasteiger partial charge is 0.205 e. The normalized spacial score (nSPS) is 16.8. The van der Waals surface area contributed by atoms with Crippen molar-refractivity contribution in [3.05, 3.63) is 71.1 Å². The van der Waals surface area contributed by atoms with Crippen molar-refractivity contribution >= 4 is 0 Å². The van der Waals surface area contributed by atoms with Crippen LogP contribution in [0.4, 0.5) is 0 Å². The summed E-state index contributed by atoms with van der Waals surface area (Å²) < 4.78 is 7.63. The molecule has 2 atom stereocenters. The molecule has 2 unspecified atom stereocenters. The first-order valence-corrected chi connectivity index (χ1v) is 12.7. The molecule has 5 heteroatoms. The Morgan fingerprint density at radius 3 is 2.03 bits per heavy atom. The maximum atomic E-state index is 9.85. The predicted octanol–water partition coefficient (Wildman–Crippen LogP) is 8.10. The Bertz CT molecular complexity index is 1020. The fraction of sp³-hybridized carbons (Fsp3) is 0.533. The summed E-state index contributed by atoms with van der Waals surface area (Å²) in [6.45, 7) is 23.6. The molecule has 2 heterocycles. The molecule has 0 fully saturated rings. The van der Waals surface area contributed by atoms with Gasteiger partial charge in [0.1, 0.15) is 17.4 Å². The fourth-order valence-corrected chi connectivity index (χ4v) is 4.23. The van der Waals surface area contributed by atoms with E-state index in [1.165, 1.54) is 0 Å². The van der Waals surface area contributed by atoms with Gasteiger partial charge in [0.15, 0.2) is 0 Å². The number of allylic oxidation sites excluding steroid dienone is 3. The minimum atomic E-state index is -0.199. The largest absolute Gasteiger partial charge is 0.445 e. The fourth-order valence-electron chi connectivity index (χ4n) is 4.23. The van der Waals surface area contributed by atoms with Crippen molar-refractivity contribution in [3.63, 3.8) is 0 Å². The topological polar surface area (TPSA) is 76.9 Å². The lowest BCUT2D eigenvalue weighted by atomic mass is 9.67. The van der Waals surface area contributed by atoms with Gasteiger partial charge in [-0.25, -0.2) is 4.68 Å². The molecular weight excluding hydrogens is 432 g/mol. The van der Waals surface area contributed by atoms with Crippen LogP contribution in [0.2, 0.25) is 0 Å². The summed E-state index contributed by atoms with van der Waals surface area (Å²) in [5.74, 6) is 1.07. The SMILES string of the molecule is CC.CC(C)(C)C.CCC(C1=C(C)OC(N)=C(C#N)C1c1ccc(-n2cccn2)cc1)C(C)(C)C. The van der Waals surface area contributed by atoms with Crippen LogP contribution in [0, 0.1) is 28.1 Å². The van der Waals surface area contributed by atoms with E-state index in [9.17, 15) is 5.26 Å². The number of hydrogen-bond donors (Lipinski definition) is 1. The van der Waals surface area contributed by atoms with Crippen molar-refractivity contribution in [2.45, 2.75) is 88.5 Å². The second kappa shape index (κ2) is 12.6. The number of nitrogens with two attached hydrogens (primary N) is 1.